The minimum absolute atomic E-state index is 0.910. The minimum atomic E-state index is 0.910. The molecule has 108 valence electrons. The highest BCUT2D eigenvalue weighted by Gasteiger charge is 2.45. The summed E-state index contributed by atoms with van der Waals surface area (Å²) >= 11 is 0. The smallest absolute Gasteiger partial charge is 0.0349 e. The van der Waals surface area contributed by atoms with Crippen LogP contribution in [0.3, 0.4) is 0 Å². The maximum Gasteiger partial charge on any atom is -0.0349 e. The van der Waals surface area contributed by atoms with Crippen LogP contribution in [0.2, 0.25) is 0 Å². The minimum Gasteiger partial charge on any atom is -0.0654 e. The van der Waals surface area contributed by atoms with E-state index in [-0.39, 0.29) is 0 Å². The molecule has 18 heavy (non-hydrogen) atoms. The summed E-state index contributed by atoms with van der Waals surface area (Å²) in [5, 5.41) is 0. The zero-order valence-corrected chi connectivity index (χ0v) is 13.7. The van der Waals surface area contributed by atoms with Crippen molar-refractivity contribution in [1.29, 1.82) is 0 Å². The average molecular weight is 252 g/mol. The third-order valence-corrected chi connectivity index (χ3v) is 5.41. The van der Waals surface area contributed by atoms with Gasteiger partial charge < -0.3 is 0 Å². The Balaban J connectivity index is 2.53. The molecule has 0 heterocycles. The van der Waals surface area contributed by atoms with Crippen molar-refractivity contribution in [2.45, 2.75) is 80.1 Å². The van der Waals surface area contributed by atoms with Crippen LogP contribution in [0.4, 0.5) is 0 Å². The number of unbranched alkanes of at least 4 members (excludes halogenated alkanes) is 1. The molecule has 0 amide bonds. The average Bonchev–Trinajstić information content (AvgIpc) is 3.12. The van der Waals surface area contributed by atoms with Crippen molar-refractivity contribution in [2.75, 3.05) is 0 Å². The van der Waals surface area contributed by atoms with E-state index in [4.69, 9.17) is 0 Å². The highest BCUT2D eigenvalue weighted by molar-refractivity contribution is 4.94. The third kappa shape index (κ3) is 4.59. The topological polar surface area (TPSA) is 0 Å². The summed E-state index contributed by atoms with van der Waals surface area (Å²) in [5.74, 6) is 5.90. The lowest BCUT2D eigenvalue weighted by Crippen LogP contribution is -2.19. The van der Waals surface area contributed by atoms with Crippen LogP contribution in [0.15, 0.2) is 0 Å². The van der Waals surface area contributed by atoms with E-state index in [0.29, 0.717) is 0 Å². The van der Waals surface area contributed by atoms with Gasteiger partial charge in [0, 0.05) is 0 Å². The largest absolute Gasteiger partial charge is 0.0654 e. The van der Waals surface area contributed by atoms with Gasteiger partial charge in [-0.05, 0) is 48.3 Å². The summed E-state index contributed by atoms with van der Waals surface area (Å²) in [5.41, 5.74) is 0. The third-order valence-electron chi connectivity index (χ3n) is 5.41. The number of hydrogen-bond donors (Lipinski definition) is 0. The van der Waals surface area contributed by atoms with Crippen LogP contribution in [0.25, 0.3) is 0 Å². The van der Waals surface area contributed by atoms with E-state index in [1.54, 1.807) is 0 Å². The van der Waals surface area contributed by atoms with Crippen LogP contribution < -0.4 is 0 Å². The molecule has 0 bridgehead atoms. The molecule has 0 N–H and O–H groups in total. The molecule has 0 radical (unpaired) electrons. The van der Waals surface area contributed by atoms with Gasteiger partial charge in [0.1, 0.15) is 0 Å². The molecule has 5 atom stereocenters. The molecule has 1 aliphatic rings. The summed E-state index contributed by atoms with van der Waals surface area (Å²) in [6.07, 6.45) is 8.61. The van der Waals surface area contributed by atoms with E-state index in [9.17, 15) is 0 Å². The first-order valence-electron chi connectivity index (χ1n) is 8.51. The molecule has 0 spiro atoms. The van der Waals surface area contributed by atoms with Crippen molar-refractivity contribution in [3.8, 4) is 0 Å². The fourth-order valence-corrected chi connectivity index (χ4v) is 3.70. The van der Waals surface area contributed by atoms with Crippen LogP contribution in [-0.4, -0.2) is 0 Å². The van der Waals surface area contributed by atoms with Crippen LogP contribution in [-0.2, 0) is 0 Å². The lowest BCUT2D eigenvalue weighted by atomic mass is 9.78. The number of rotatable bonds is 9. The Hall–Kier alpha value is 0. The molecular weight excluding hydrogens is 216 g/mol. The quantitative estimate of drug-likeness (QED) is 0.461. The predicted molar refractivity (Wildman–Crippen MR) is 82.7 cm³/mol. The molecule has 0 nitrogen and oxygen atoms in total. The van der Waals surface area contributed by atoms with E-state index >= 15 is 0 Å². The van der Waals surface area contributed by atoms with Crippen molar-refractivity contribution in [2.24, 2.45) is 35.5 Å². The first-order valence-corrected chi connectivity index (χ1v) is 8.51. The van der Waals surface area contributed by atoms with E-state index in [1.165, 1.54) is 38.5 Å². The summed E-state index contributed by atoms with van der Waals surface area (Å²) < 4.78 is 0. The maximum absolute atomic E-state index is 2.53. The van der Waals surface area contributed by atoms with Gasteiger partial charge in [-0.3, -0.25) is 0 Å². The van der Waals surface area contributed by atoms with Gasteiger partial charge in [-0.2, -0.15) is 0 Å². The van der Waals surface area contributed by atoms with E-state index < -0.39 is 0 Å². The highest BCUT2D eigenvalue weighted by atomic mass is 14.5. The van der Waals surface area contributed by atoms with E-state index in [1.807, 2.05) is 0 Å². The predicted octanol–water partition coefficient (Wildman–Crippen LogP) is 6.16. The Morgan fingerprint density at radius 1 is 1.00 bits per heavy atom. The fourth-order valence-electron chi connectivity index (χ4n) is 3.70. The van der Waals surface area contributed by atoms with Gasteiger partial charge in [0.15, 0.2) is 0 Å². The normalized spacial score (nSPS) is 28.2. The summed E-state index contributed by atoms with van der Waals surface area (Å²) in [6, 6.07) is 0. The molecule has 1 aliphatic carbocycles. The van der Waals surface area contributed by atoms with Crippen LogP contribution in [0.1, 0.15) is 80.1 Å². The monoisotopic (exact) mass is 252 g/mol. The Kier molecular flexibility index (Phi) is 6.74. The second-order valence-corrected chi connectivity index (χ2v) is 7.34. The second kappa shape index (κ2) is 7.56. The molecule has 1 saturated carbocycles. The Morgan fingerprint density at radius 2 is 1.67 bits per heavy atom. The molecule has 0 aromatic carbocycles. The Labute approximate surface area is 116 Å². The SMILES string of the molecule is CCCCC(C)C(CC(C)CC)C1CC1C(C)C. The van der Waals surface area contributed by atoms with Crippen molar-refractivity contribution >= 4 is 0 Å². The molecule has 0 saturated heterocycles. The molecule has 0 aromatic heterocycles. The molecule has 1 rings (SSSR count). The summed E-state index contributed by atoms with van der Waals surface area (Å²) in [4.78, 5) is 0. The van der Waals surface area contributed by atoms with Gasteiger partial charge in [-0.1, -0.05) is 67.2 Å². The zero-order valence-electron chi connectivity index (χ0n) is 13.7. The fraction of sp³-hybridized carbons (Fsp3) is 1.00. The van der Waals surface area contributed by atoms with Gasteiger partial charge in [0.25, 0.3) is 0 Å². The lowest BCUT2D eigenvalue weighted by Gasteiger charge is -2.27. The van der Waals surface area contributed by atoms with Crippen molar-refractivity contribution in [3.63, 3.8) is 0 Å². The Bertz CT molecular complexity index is 218. The lowest BCUT2D eigenvalue weighted by molar-refractivity contribution is 0.224. The van der Waals surface area contributed by atoms with E-state index in [0.717, 1.165) is 35.5 Å². The molecule has 1 fully saturated rings. The van der Waals surface area contributed by atoms with Gasteiger partial charge in [0.2, 0.25) is 0 Å². The summed E-state index contributed by atoms with van der Waals surface area (Å²) in [7, 11) is 0. The van der Waals surface area contributed by atoms with E-state index in [2.05, 4.69) is 41.5 Å². The van der Waals surface area contributed by atoms with Crippen molar-refractivity contribution in [3.05, 3.63) is 0 Å². The van der Waals surface area contributed by atoms with Crippen molar-refractivity contribution < 1.29 is 0 Å². The summed E-state index contributed by atoms with van der Waals surface area (Å²) in [6.45, 7) is 14.5. The highest BCUT2D eigenvalue weighted by Crippen LogP contribution is 2.53. The van der Waals surface area contributed by atoms with Crippen LogP contribution in [0, 0.1) is 35.5 Å². The Morgan fingerprint density at radius 3 is 2.11 bits per heavy atom. The van der Waals surface area contributed by atoms with Gasteiger partial charge in [-0.25, -0.2) is 0 Å². The maximum atomic E-state index is 2.53. The van der Waals surface area contributed by atoms with Crippen molar-refractivity contribution in [1.82, 2.24) is 0 Å². The molecular formula is C18H36. The first-order chi connectivity index (χ1) is 8.51. The number of hydrogen-bond acceptors (Lipinski definition) is 0. The molecule has 0 aromatic rings. The molecule has 0 aliphatic heterocycles. The van der Waals surface area contributed by atoms with Gasteiger partial charge in [-0.15, -0.1) is 0 Å². The van der Waals surface area contributed by atoms with Gasteiger partial charge in [0.05, 0.1) is 0 Å². The standard InChI is InChI=1S/C18H36/c1-7-9-10-15(6)17(11-14(5)8-2)18-12-16(18)13(3)4/h13-18H,7-12H2,1-6H3. The second-order valence-electron chi connectivity index (χ2n) is 7.34. The van der Waals surface area contributed by atoms with Crippen LogP contribution in [0.5, 0.6) is 0 Å². The van der Waals surface area contributed by atoms with Gasteiger partial charge >= 0.3 is 0 Å². The molecule has 5 unspecified atom stereocenters. The zero-order chi connectivity index (χ0) is 13.7. The molecule has 0 heteroatoms. The first kappa shape index (κ1) is 16.1. The van der Waals surface area contributed by atoms with Crippen LogP contribution >= 0.6 is 0 Å².